The zero-order chi connectivity index (χ0) is 39.2. The fraction of sp³-hybridized carbons (Fsp3) is 0.0556. The first-order valence-corrected chi connectivity index (χ1v) is 20.9. The summed E-state index contributed by atoms with van der Waals surface area (Å²) in [6, 6.07) is 65.3. The highest BCUT2D eigenvalue weighted by Crippen LogP contribution is 2.52. The molecule has 11 aromatic rings. The molecule has 0 fully saturated rings. The summed E-state index contributed by atoms with van der Waals surface area (Å²) < 4.78 is 5.06. The van der Waals surface area contributed by atoms with Crippen LogP contribution in [0.2, 0.25) is 0 Å². The van der Waals surface area contributed by atoms with Crippen molar-refractivity contribution in [1.29, 1.82) is 0 Å². The average molecular weight is 773 g/mol. The van der Waals surface area contributed by atoms with Crippen molar-refractivity contribution in [3.63, 3.8) is 0 Å². The maximum Gasteiger partial charge on any atom is 0.164 e. The van der Waals surface area contributed by atoms with E-state index in [-0.39, 0.29) is 5.41 Å². The minimum absolute atomic E-state index is 0.151. The quantitative estimate of drug-likeness (QED) is 0.175. The Morgan fingerprint density at radius 1 is 0.407 bits per heavy atom. The number of hydrogen-bond acceptors (Lipinski definition) is 4. The number of benzene rings is 8. The molecule has 8 aromatic carbocycles. The number of aromatic nitrogens is 4. The SMILES string of the molecule is CC1(C)c2ccccc2-c2cc3c4ccccc4n(-c4cc(-c5nc(-c6ccccc6)nc(-c6ccccc6)n5)ccc4-c4cccc5c4sc4ccccc45)c3cc21. The van der Waals surface area contributed by atoms with Gasteiger partial charge in [0.1, 0.15) is 0 Å². The summed E-state index contributed by atoms with van der Waals surface area (Å²) in [5.41, 5.74) is 13.8. The number of fused-ring (bicyclic) bond motifs is 9. The molecular weight excluding hydrogens is 737 g/mol. The van der Waals surface area contributed by atoms with E-state index in [1.807, 2.05) is 47.7 Å². The van der Waals surface area contributed by atoms with Crippen molar-refractivity contribution in [3.8, 4) is 62.1 Å². The summed E-state index contributed by atoms with van der Waals surface area (Å²) in [6.45, 7) is 4.72. The van der Waals surface area contributed by atoms with E-state index in [2.05, 4.69) is 164 Å². The minimum Gasteiger partial charge on any atom is -0.309 e. The average Bonchev–Trinajstić information content (AvgIpc) is 3.91. The molecule has 0 unspecified atom stereocenters. The van der Waals surface area contributed by atoms with Crippen molar-refractivity contribution in [1.82, 2.24) is 19.5 Å². The Morgan fingerprint density at radius 3 is 1.78 bits per heavy atom. The molecule has 5 heteroatoms. The number of thiophene rings is 1. The molecule has 278 valence electrons. The van der Waals surface area contributed by atoms with E-state index in [9.17, 15) is 0 Å². The van der Waals surface area contributed by atoms with Gasteiger partial charge >= 0.3 is 0 Å². The first-order valence-electron chi connectivity index (χ1n) is 20.1. The van der Waals surface area contributed by atoms with Gasteiger partial charge in [-0.1, -0.05) is 166 Å². The van der Waals surface area contributed by atoms with Crippen LogP contribution in [0, 0.1) is 0 Å². The van der Waals surface area contributed by atoms with Gasteiger partial charge in [0.05, 0.1) is 16.7 Å². The first kappa shape index (κ1) is 33.9. The largest absolute Gasteiger partial charge is 0.309 e. The molecular formula is C54H36N4S. The Hall–Kier alpha value is -7.21. The van der Waals surface area contributed by atoms with Crippen LogP contribution in [-0.4, -0.2) is 19.5 Å². The van der Waals surface area contributed by atoms with Crippen LogP contribution in [0.15, 0.2) is 182 Å². The summed E-state index contributed by atoms with van der Waals surface area (Å²) >= 11 is 1.86. The Balaban J connectivity index is 1.17. The predicted molar refractivity (Wildman–Crippen MR) is 246 cm³/mol. The van der Waals surface area contributed by atoms with Crippen molar-refractivity contribution in [3.05, 3.63) is 193 Å². The number of para-hydroxylation sites is 1. The van der Waals surface area contributed by atoms with Crippen molar-refractivity contribution in [2.24, 2.45) is 0 Å². The molecule has 12 rings (SSSR count). The first-order chi connectivity index (χ1) is 29.0. The molecule has 0 amide bonds. The third kappa shape index (κ3) is 5.18. The molecule has 0 saturated carbocycles. The van der Waals surface area contributed by atoms with Crippen LogP contribution >= 0.6 is 11.3 Å². The Bertz CT molecular complexity index is 3410. The van der Waals surface area contributed by atoms with E-state index in [0.717, 1.165) is 33.5 Å². The molecule has 3 aromatic heterocycles. The Labute approximate surface area is 345 Å². The van der Waals surface area contributed by atoms with Crippen molar-refractivity contribution in [2.45, 2.75) is 19.3 Å². The molecule has 4 nitrogen and oxygen atoms in total. The summed E-state index contributed by atoms with van der Waals surface area (Å²) in [4.78, 5) is 15.4. The summed E-state index contributed by atoms with van der Waals surface area (Å²) in [6.07, 6.45) is 0. The maximum atomic E-state index is 5.19. The number of hydrogen-bond donors (Lipinski definition) is 0. The van der Waals surface area contributed by atoms with Gasteiger partial charge < -0.3 is 4.57 Å². The molecule has 1 aliphatic rings. The van der Waals surface area contributed by atoms with Gasteiger partial charge in [0.2, 0.25) is 0 Å². The van der Waals surface area contributed by atoms with Gasteiger partial charge in [-0.3, -0.25) is 0 Å². The lowest BCUT2D eigenvalue weighted by Crippen LogP contribution is -2.15. The maximum absolute atomic E-state index is 5.19. The van der Waals surface area contributed by atoms with Gasteiger partial charge in [0.15, 0.2) is 17.5 Å². The molecule has 0 saturated heterocycles. The summed E-state index contributed by atoms with van der Waals surface area (Å²) in [5, 5.41) is 5.02. The zero-order valence-corrected chi connectivity index (χ0v) is 33.3. The van der Waals surface area contributed by atoms with Crippen LogP contribution in [0.5, 0.6) is 0 Å². The fourth-order valence-electron chi connectivity index (χ4n) is 9.40. The standard InChI is InChI=1S/C54H36N4S/c1-54(2)44-25-12-9-20-36(44)42-31-43-37-21-10-13-26-46(37)58(48(43)32-45(42)54)47-30-35(28-29-38(47)40-23-15-24-41-39-22-11-14-27-49(39)59-50(40)41)53-56-51(33-16-5-3-6-17-33)55-52(57-53)34-18-7-4-8-19-34/h3-32H,1-2H3. The van der Waals surface area contributed by atoms with Gasteiger partial charge in [0.25, 0.3) is 0 Å². The van der Waals surface area contributed by atoms with Gasteiger partial charge in [-0.2, -0.15) is 0 Å². The smallest absolute Gasteiger partial charge is 0.164 e. The van der Waals surface area contributed by atoms with Crippen LogP contribution < -0.4 is 0 Å². The van der Waals surface area contributed by atoms with E-state index in [4.69, 9.17) is 15.0 Å². The molecule has 0 aliphatic heterocycles. The van der Waals surface area contributed by atoms with E-state index in [1.54, 1.807) is 0 Å². The highest BCUT2D eigenvalue weighted by Gasteiger charge is 2.36. The Morgan fingerprint density at radius 2 is 1.02 bits per heavy atom. The van der Waals surface area contributed by atoms with Crippen LogP contribution in [0.4, 0.5) is 0 Å². The third-order valence-corrected chi connectivity index (χ3v) is 13.5. The van der Waals surface area contributed by atoms with E-state index in [1.165, 1.54) is 64.3 Å². The second kappa shape index (κ2) is 12.9. The minimum atomic E-state index is -0.151. The second-order valence-corrected chi connectivity index (χ2v) is 17.0. The fourth-order valence-corrected chi connectivity index (χ4v) is 10.6. The highest BCUT2D eigenvalue weighted by molar-refractivity contribution is 7.26. The van der Waals surface area contributed by atoms with Gasteiger partial charge in [-0.25, -0.2) is 15.0 Å². The van der Waals surface area contributed by atoms with Crippen molar-refractivity contribution >= 4 is 53.3 Å². The molecule has 0 spiro atoms. The van der Waals surface area contributed by atoms with Crippen LogP contribution in [-0.2, 0) is 5.41 Å². The van der Waals surface area contributed by atoms with Crippen molar-refractivity contribution in [2.75, 3.05) is 0 Å². The van der Waals surface area contributed by atoms with E-state index < -0.39 is 0 Å². The molecule has 0 atom stereocenters. The predicted octanol–water partition coefficient (Wildman–Crippen LogP) is 14.3. The Kier molecular flexibility index (Phi) is 7.41. The van der Waals surface area contributed by atoms with Gasteiger partial charge in [-0.15, -0.1) is 11.3 Å². The van der Waals surface area contributed by atoms with Crippen LogP contribution in [0.25, 0.3) is 104 Å². The van der Waals surface area contributed by atoms with Crippen LogP contribution in [0.3, 0.4) is 0 Å². The van der Waals surface area contributed by atoms with Gasteiger partial charge in [0, 0.05) is 64.2 Å². The second-order valence-electron chi connectivity index (χ2n) is 16.0. The molecule has 0 radical (unpaired) electrons. The van der Waals surface area contributed by atoms with E-state index >= 15 is 0 Å². The molecule has 1 aliphatic carbocycles. The molecule has 0 N–H and O–H groups in total. The summed E-state index contributed by atoms with van der Waals surface area (Å²) in [5.74, 6) is 1.91. The lowest BCUT2D eigenvalue weighted by molar-refractivity contribution is 0.661. The van der Waals surface area contributed by atoms with Crippen molar-refractivity contribution < 1.29 is 0 Å². The van der Waals surface area contributed by atoms with E-state index in [0.29, 0.717) is 17.5 Å². The molecule has 59 heavy (non-hydrogen) atoms. The highest BCUT2D eigenvalue weighted by atomic mass is 32.1. The normalized spacial score (nSPS) is 13.1. The van der Waals surface area contributed by atoms with Crippen LogP contribution in [0.1, 0.15) is 25.0 Å². The lowest BCUT2D eigenvalue weighted by atomic mass is 9.82. The third-order valence-electron chi connectivity index (χ3n) is 12.3. The zero-order valence-electron chi connectivity index (χ0n) is 32.5. The number of nitrogens with zero attached hydrogens (tertiary/aromatic N) is 4. The monoisotopic (exact) mass is 772 g/mol. The molecule has 0 bridgehead atoms. The topological polar surface area (TPSA) is 43.6 Å². The number of rotatable bonds is 5. The molecule has 3 heterocycles. The summed E-state index contributed by atoms with van der Waals surface area (Å²) in [7, 11) is 0. The van der Waals surface area contributed by atoms with Gasteiger partial charge in [-0.05, 0) is 52.6 Å². The lowest BCUT2D eigenvalue weighted by Gasteiger charge is -2.22.